The second kappa shape index (κ2) is 8.03. The van der Waals surface area contributed by atoms with Crippen LogP contribution >= 0.6 is 0 Å². The predicted octanol–water partition coefficient (Wildman–Crippen LogP) is 3.44. The average molecular weight is 427 g/mol. The molecule has 0 spiro atoms. The number of carbonyl (C=O) groups is 2. The molecule has 4 aliphatic carbocycles. The Morgan fingerprint density at radius 1 is 0.935 bits per heavy atom. The molecule has 1 saturated heterocycles. The van der Waals surface area contributed by atoms with E-state index in [1.165, 1.54) is 19.3 Å². The van der Waals surface area contributed by atoms with Gasteiger partial charge in [-0.1, -0.05) is 0 Å². The van der Waals surface area contributed by atoms with Crippen LogP contribution < -0.4 is 4.74 Å². The maximum absolute atomic E-state index is 13.7. The highest BCUT2D eigenvalue weighted by Gasteiger charge is 2.55. The molecule has 31 heavy (non-hydrogen) atoms. The molecule has 5 fully saturated rings. The molecule has 5 aliphatic rings. The molecule has 1 atom stereocenters. The molecule has 4 bridgehead atoms. The lowest BCUT2D eigenvalue weighted by atomic mass is 9.49. The van der Waals surface area contributed by atoms with Gasteiger partial charge in [-0.15, -0.1) is 0 Å². The van der Waals surface area contributed by atoms with Gasteiger partial charge in [0.05, 0.1) is 5.41 Å². The van der Waals surface area contributed by atoms with Crippen LogP contribution in [0.3, 0.4) is 0 Å². The number of nitrogens with zero attached hydrogens (tertiary/aromatic N) is 2. The van der Waals surface area contributed by atoms with Crippen LogP contribution in [0.2, 0.25) is 0 Å². The van der Waals surface area contributed by atoms with Crippen molar-refractivity contribution in [2.75, 3.05) is 26.2 Å². The van der Waals surface area contributed by atoms with Crippen molar-refractivity contribution < 1.29 is 19.4 Å². The highest BCUT2D eigenvalue weighted by atomic mass is 16.5. The molecule has 1 N–H and O–H groups in total. The Bertz CT molecular complexity index is 801. The minimum absolute atomic E-state index is 0.0443. The van der Waals surface area contributed by atoms with Crippen molar-refractivity contribution in [2.45, 2.75) is 58.0 Å². The number of rotatable bonds is 4. The van der Waals surface area contributed by atoms with Crippen molar-refractivity contribution in [1.82, 2.24) is 9.80 Å². The van der Waals surface area contributed by atoms with E-state index in [1.807, 2.05) is 4.90 Å². The summed E-state index contributed by atoms with van der Waals surface area (Å²) in [6.45, 7) is 4.36. The lowest BCUT2D eigenvalue weighted by Gasteiger charge is -2.56. The highest BCUT2D eigenvalue weighted by molar-refractivity contribution is 5.84. The summed E-state index contributed by atoms with van der Waals surface area (Å²) in [6.07, 6.45) is 7.51. The molecule has 168 valence electrons. The second-order valence-electron chi connectivity index (χ2n) is 10.4. The number of aromatic hydroxyl groups is 1. The van der Waals surface area contributed by atoms with Crippen molar-refractivity contribution in [3.05, 3.63) is 24.3 Å². The zero-order chi connectivity index (χ0) is 21.6. The largest absolute Gasteiger partial charge is 0.508 e. The maximum Gasteiger partial charge on any atom is 0.263 e. The first kappa shape index (κ1) is 20.7. The van der Waals surface area contributed by atoms with Crippen LogP contribution in [0.15, 0.2) is 24.3 Å². The van der Waals surface area contributed by atoms with E-state index < -0.39 is 6.10 Å². The van der Waals surface area contributed by atoms with Crippen LogP contribution in [0.1, 0.15) is 51.9 Å². The zero-order valence-corrected chi connectivity index (χ0v) is 18.5. The van der Waals surface area contributed by atoms with E-state index in [-0.39, 0.29) is 17.1 Å². The summed E-state index contributed by atoms with van der Waals surface area (Å²) in [5.41, 5.74) is -0.108. The van der Waals surface area contributed by atoms with Crippen LogP contribution in [0.25, 0.3) is 0 Å². The minimum atomic E-state index is -0.602. The standard InChI is InChI=1S/C25H34N2O4/c1-17(31-22-5-3-21(28)4-6-22)23(29)26-7-2-8-27(10-9-26)24(30)25-14-18-11-19(15-25)13-20(12-18)16-25/h3-6,17-20,28H,2,7-16H2,1H3. The molecule has 6 rings (SSSR count). The fraction of sp³-hybridized carbons (Fsp3) is 0.680. The van der Waals surface area contributed by atoms with Crippen molar-refractivity contribution >= 4 is 11.8 Å². The number of ether oxygens (including phenoxy) is 1. The van der Waals surface area contributed by atoms with Gasteiger partial charge in [0, 0.05) is 26.2 Å². The first-order chi connectivity index (χ1) is 14.9. The van der Waals surface area contributed by atoms with Crippen molar-refractivity contribution in [1.29, 1.82) is 0 Å². The summed E-state index contributed by atoms with van der Waals surface area (Å²) in [6, 6.07) is 6.42. The quantitative estimate of drug-likeness (QED) is 0.801. The lowest BCUT2D eigenvalue weighted by Crippen LogP contribution is -2.55. The fourth-order valence-corrected chi connectivity index (χ4v) is 7.09. The van der Waals surface area contributed by atoms with Gasteiger partial charge in [0.25, 0.3) is 5.91 Å². The Balaban J connectivity index is 1.19. The van der Waals surface area contributed by atoms with Crippen LogP contribution in [-0.4, -0.2) is 59.0 Å². The normalized spacial score (nSPS) is 33.1. The number of carbonyl (C=O) groups excluding carboxylic acids is 2. The van der Waals surface area contributed by atoms with Crippen molar-refractivity contribution in [3.63, 3.8) is 0 Å². The van der Waals surface area contributed by atoms with Crippen LogP contribution in [0.5, 0.6) is 11.5 Å². The zero-order valence-electron chi connectivity index (χ0n) is 18.5. The van der Waals surface area contributed by atoms with Gasteiger partial charge in [-0.2, -0.15) is 0 Å². The van der Waals surface area contributed by atoms with Crippen LogP contribution in [0.4, 0.5) is 0 Å². The second-order valence-corrected chi connectivity index (χ2v) is 10.4. The molecule has 1 unspecified atom stereocenters. The van der Waals surface area contributed by atoms with E-state index in [9.17, 15) is 14.7 Å². The molecule has 1 aromatic carbocycles. The Hall–Kier alpha value is -2.24. The summed E-state index contributed by atoms with van der Waals surface area (Å²) < 4.78 is 5.78. The van der Waals surface area contributed by atoms with E-state index in [2.05, 4.69) is 4.90 Å². The third-order valence-electron chi connectivity index (χ3n) is 8.08. The molecule has 2 amide bonds. The molecule has 0 radical (unpaired) electrons. The molecule has 0 aromatic heterocycles. The van der Waals surface area contributed by atoms with Crippen molar-refractivity contribution in [2.24, 2.45) is 23.2 Å². The molecule has 1 aliphatic heterocycles. The van der Waals surface area contributed by atoms with E-state index in [4.69, 9.17) is 4.74 Å². The lowest BCUT2D eigenvalue weighted by molar-refractivity contribution is -0.157. The third kappa shape index (κ3) is 4.01. The number of hydrogen-bond donors (Lipinski definition) is 1. The number of hydrogen-bond acceptors (Lipinski definition) is 4. The number of benzene rings is 1. The topological polar surface area (TPSA) is 70.1 Å². The monoisotopic (exact) mass is 426 g/mol. The van der Waals surface area contributed by atoms with Crippen molar-refractivity contribution in [3.8, 4) is 11.5 Å². The predicted molar refractivity (Wildman–Crippen MR) is 117 cm³/mol. The van der Waals surface area contributed by atoms with Gasteiger partial charge in [0.15, 0.2) is 6.10 Å². The Kier molecular flexibility index (Phi) is 5.35. The molecule has 6 heteroatoms. The van der Waals surface area contributed by atoms with Gasteiger partial charge >= 0.3 is 0 Å². The maximum atomic E-state index is 13.7. The van der Waals surface area contributed by atoms with Gasteiger partial charge in [-0.05, 0) is 93.9 Å². The van der Waals surface area contributed by atoms with Gasteiger partial charge in [0.1, 0.15) is 11.5 Å². The van der Waals surface area contributed by atoms with E-state index in [0.717, 1.165) is 50.0 Å². The molecule has 1 aromatic rings. The van der Waals surface area contributed by atoms with Crippen LogP contribution in [0, 0.1) is 23.2 Å². The fourth-order valence-electron chi connectivity index (χ4n) is 7.09. The van der Waals surface area contributed by atoms with E-state index in [0.29, 0.717) is 31.3 Å². The van der Waals surface area contributed by atoms with Gasteiger partial charge < -0.3 is 19.6 Å². The van der Waals surface area contributed by atoms with Crippen LogP contribution in [-0.2, 0) is 9.59 Å². The Morgan fingerprint density at radius 2 is 1.48 bits per heavy atom. The Labute approximate surface area is 184 Å². The third-order valence-corrected chi connectivity index (χ3v) is 8.08. The smallest absolute Gasteiger partial charge is 0.263 e. The van der Waals surface area contributed by atoms with E-state index >= 15 is 0 Å². The summed E-state index contributed by atoms with van der Waals surface area (Å²) in [7, 11) is 0. The first-order valence-corrected chi connectivity index (χ1v) is 12.0. The molecule has 6 nitrogen and oxygen atoms in total. The van der Waals surface area contributed by atoms with Gasteiger partial charge in [-0.3, -0.25) is 9.59 Å². The van der Waals surface area contributed by atoms with Gasteiger partial charge in [-0.25, -0.2) is 0 Å². The van der Waals surface area contributed by atoms with Gasteiger partial charge in [0.2, 0.25) is 5.91 Å². The number of phenols is 1. The SMILES string of the molecule is CC(Oc1ccc(O)cc1)C(=O)N1CCCN(C(=O)C23CC4CC(CC(C4)C2)C3)CC1. The minimum Gasteiger partial charge on any atom is -0.508 e. The molecular formula is C25H34N2O4. The number of phenolic OH excluding ortho intramolecular Hbond substituents is 1. The summed E-state index contributed by atoms with van der Waals surface area (Å²) in [5, 5.41) is 9.41. The first-order valence-electron chi connectivity index (χ1n) is 12.0. The summed E-state index contributed by atoms with van der Waals surface area (Å²) in [5.74, 6) is 3.34. The molecular weight excluding hydrogens is 392 g/mol. The summed E-state index contributed by atoms with van der Waals surface area (Å²) in [4.78, 5) is 30.5. The highest BCUT2D eigenvalue weighted by Crippen LogP contribution is 2.60. The molecule has 1 heterocycles. The van der Waals surface area contributed by atoms with E-state index in [1.54, 1.807) is 31.2 Å². The number of amides is 2. The average Bonchev–Trinajstić information content (AvgIpc) is 2.99. The Morgan fingerprint density at radius 3 is 2.10 bits per heavy atom. The summed E-state index contributed by atoms with van der Waals surface area (Å²) >= 11 is 0. The molecule has 4 saturated carbocycles.